The number of nitrogens with two attached hydrogens (primary N) is 1. The molecule has 7 heteroatoms. The molecule has 1 heterocycles. The summed E-state index contributed by atoms with van der Waals surface area (Å²) < 4.78 is 37.7. The number of hydrogen-bond donors (Lipinski definition) is 2. The molecule has 3 N–H and O–H groups in total. The van der Waals surface area contributed by atoms with E-state index < -0.39 is 17.6 Å². The zero-order valence-corrected chi connectivity index (χ0v) is 11.0. The van der Waals surface area contributed by atoms with Gasteiger partial charge in [0.1, 0.15) is 0 Å². The first-order valence-electron chi connectivity index (χ1n) is 6.60. The standard InChI is InChI=1S/C12H20F3N3O/c1-11(16,12(13,14)15)10(19)17-6-8-4-5-18(7-8)9-2-3-9/h8-9H,2-7,16H2,1H3,(H,17,19). The second-order valence-electron chi connectivity index (χ2n) is 5.79. The van der Waals surface area contributed by atoms with E-state index in [1.54, 1.807) is 0 Å². The highest BCUT2D eigenvalue weighted by Gasteiger charge is 2.53. The maximum atomic E-state index is 12.6. The Kier molecular flexibility index (Phi) is 3.79. The van der Waals surface area contributed by atoms with Gasteiger partial charge in [-0.05, 0) is 38.6 Å². The van der Waals surface area contributed by atoms with Crippen molar-refractivity contribution >= 4 is 5.91 Å². The molecular weight excluding hydrogens is 259 g/mol. The molecular formula is C12H20F3N3O. The van der Waals surface area contributed by atoms with E-state index in [9.17, 15) is 18.0 Å². The first-order chi connectivity index (χ1) is 8.72. The van der Waals surface area contributed by atoms with Crippen molar-refractivity contribution in [2.75, 3.05) is 19.6 Å². The summed E-state index contributed by atoms with van der Waals surface area (Å²) in [6, 6.07) is 0.663. The monoisotopic (exact) mass is 279 g/mol. The molecule has 19 heavy (non-hydrogen) atoms. The number of nitrogens with zero attached hydrogens (tertiary/aromatic N) is 1. The predicted molar refractivity (Wildman–Crippen MR) is 64.4 cm³/mol. The zero-order valence-electron chi connectivity index (χ0n) is 11.0. The van der Waals surface area contributed by atoms with Crippen LogP contribution in [0.4, 0.5) is 13.2 Å². The molecule has 2 aliphatic rings. The topological polar surface area (TPSA) is 58.4 Å². The number of carbonyl (C=O) groups excluding carboxylic acids is 1. The van der Waals surface area contributed by atoms with Crippen molar-refractivity contribution in [2.24, 2.45) is 11.7 Å². The van der Waals surface area contributed by atoms with E-state index in [0.29, 0.717) is 13.0 Å². The smallest absolute Gasteiger partial charge is 0.354 e. The molecule has 4 nitrogen and oxygen atoms in total. The molecule has 2 unspecified atom stereocenters. The third-order valence-electron chi connectivity index (χ3n) is 3.99. The second kappa shape index (κ2) is 4.94. The van der Waals surface area contributed by atoms with Gasteiger partial charge in [0.15, 0.2) is 5.54 Å². The van der Waals surface area contributed by atoms with Gasteiger partial charge in [-0.3, -0.25) is 4.79 Å². The Balaban J connectivity index is 1.77. The Morgan fingerprint density at radius 2 is 2.00 bits per heavy atom. The third-order valence-corrected chi connectivity index (χ3v) is 3.99. The SMILES string of the molecule is CC(N)(C(=O)NCC1CCN(C2CC2)C1)C(F)(F)F. The van der Waals surface area contributed by atoms with Gasteiger partial charge in [0.05, 0.1) is 0 Å². The number of carbonyl (C=O) groups is 1. The van der Waals surface area contributed by atoms with E-state index in [2.05, 4.69) is 10.2 Å². The lowest BCUT2D eigenvalue weighted by Crippen LogP contribution is -2.61. The van der Waals surface area contributed by atoms with Crippen molar-refractivity contribution in [3.05, 3.63) is 0 Å². The molecule has 1 amide bonds. The van der Waals surface area contributed by atoms with E-state index >= 15 is 0 Å². The van der Waals surface area contributed by atoms with Crippen LogP contribution in [0.1, 0.15) is 26.2 Å². The van der Waals surface area contributed by atoms with Crippen LogP contribution in [0.15, 0.2) is 0 Å². The maximum absolute atomic E-state index is 12.6. The van der Waals surface area contributed by atoms with Crippen LogP contribution in [-0.2, 0) is 4.79 Å². The van der Waals surface area contributed by atoms with Crippen molar-refractivity contribution in [3.63, 3.8) is 0 Å². The number of halogens is 3. The van der Waals surface area contributed by atoms with Crippen LogP contribution in [0.2, 0.25) is 0 Å². The Morgan fingerprint density at radius 1 is 1.37 bits per heavy atom. The van der Waals surface area contributed by atoms with Crippen LogP contribution in [-0.4, -0.2) is 48.2 Å². The van der Waals surface area contributed by atoms with Crippen molar-refractivity contribution in [1.29, 1.82) is 0 Å². The summed E-state index contributed by atoms with van der Waals surface area (Å²) in [5.41, 5.74) is 2.24. The van der Waals surface area contributed by atoms with Gasteiger partial charge in [0, 0.05) is 19.1 Å². The van der Waals surface area contributed by atoms with Crippen molar-refractivity contribution < 1.29 is 18.0 Å². The van der Waals surface area contributed by atoms with Crippen molar-refractivity contribution in [3.8, 4) is 0 Å². The number of nitrogens with one attached hydrogen (secondary N) is 1. The molecule has 0 bridgehead atoms. The fourth-order valence-corrected chi connectivity index (χ4v) is 2.35. The summed E-state index contributed by atoms with van der Waals surface area (Å²) in [5.74, 6) is -0.918. The minimum absolute atomic E-state index is 0.230. The highest BCUT2D eigenvalue weighted by Crippen LogP contribution is 2.32. The fraction of sp³-hybridized carbons (Fsp3) is 0.917. The number of alkyl halides is 3. The Bertz CT molecular complexity index is 353. The minimum Gasteiger partial charge on any atom is -0.354 e. The quantitative estimate of drug-likeness (QED) is 0.802. The van der Waals surface area contributed by atoms with Gasteiger partial charge >= 0.3 is 6.18 Å². The molecule has 1 aliphatic heterocycles. The largest absolute Gasteiger partial charge is 0.415 e. The average molecular weight is 279 g/mol. The van der Waals surface area contributed by atoms with Crippen molar-refractivity contribution in [2.45, 2.75) is 43.9 Å². The molecule has 0 radical (unpaired) electrons. The van der Waals surface area contributed by atoms with Crippen LogP contribution in [0.25, 0.3) is 0 Å². The van der Waals surface area contributed by atoms with E-state index in [4.69, 9.17) is 5.73 Å². The lowest BCUT2D eigenvalue weighted by molar-refractivity contribution is -0.187. The summed E-state index contributed by atoms with van der Waals surface area (Å²) in [5, 5.41) is 2.34. The summed E-state index contributed by atoms with van der Waals surface area (Å²) in [4.78, 5) is 13.9. The average Bonchev–Trinajstić information content (AvgIpc) is 3.04. The maximum Gasteiger partial charge on any atom is 0.415 e. The Hall–Kier alpha value is -0.820. The number of amides is 1. The van der Waals surface area contributed by atoms with Crippen molar-refractivity contribution in [1.82, 2.24) is 10.2 Å². The predicted octanol–water partition coefficient (Wildman–Crippen LogP) is 0.867. The molecule has 1 saturated carbocycles. The van der Waals surface area contributed by atoms with Crippen LogP contribution in [0, 0.1) is 5.92 Å². The summed E-state index contributed by atoms with van der Waals surface area (Å²) >= 11 is 0. The van der Waals surface area contributed by atoms with Gasteiger partial charge in [-0.1, -0.05) is 0 Å². The molecule has 2 fully saturated rings. The minimum atomic E-state index is -4.73. The highest BCUT2D eigenvalue weighted by molar-refractivity contribution is 5.86. The summed E-state index contributed by atoms with van der Waals surface area (Å²) in [6.07, 6.45) is -1.38. The van der Waals surface area contributed by atoms with Gasteiger partial charge in [0.25, 0.3) is 0 Å². The molecule has 0 aromatic rings. The van der Waals surface area contributed by atoms with Gasteiger partial charge in [-0.15, -0.1) is 0 Å². The molecule has 0 spiro atoms. The number of hydrogen-bond acceptors (Lipinski definition) is 3. The van der Waals surface area contributed by atoms with Crippen LogP contribution >= 0.6 is 0 Å². The van der Waals surface area contributed by atoms with Crippen LogP contribution in [0.5, 0.6) is 0 Å². The first-order valence-corrected chi connectivity index (χ1v) is 6.60. The first kappa shape index (κ1) is 14.6. The lowest BCUT2D eigenvalue weighted by Gasteiger charge is -2.26. The van der Waals surface area contributed by atoms with Crippen LogP contribution < -0.4 is 11.1 Å². The van der Waals surface area contributed by atoms with Gasteiger partial charge < -0.3 is 16.0 Å². The molecule has 1 aliphatic carbocycles. The Labute approximate surface area is 110 Å². The molecule has 2 atom stereocenters. The normalized spacial score (nSPS) is 28.2. The number of rotatable bonds is 4. The molecule has 0 aromatic heterocycles. The zero-order chi connectivity index (χ0) is 14.3. The lowest BCUT2D eigenvalue weighted by atomic mass is 10.0. The van der Waals surface area contributed by atoms with E-state index in [1.807, 2.05) is 0 Å². The van der Waals surface area contributed by atoms with Gasteiger partial charge in [0.2, 0.25) is 5.91 Å². The second-order valence-corrected chi connectivity index (χ2v) is 5.79. The van der Waals surface area contributed by atoms with Gasteiger partial charge in [-0.25, -0.2) is 0 Å². The molecule has 1 saturated heterocycles. The van der Waals surface area contributed by atoms with E-state index in [1.165, 1.54) is 12.8 Å². The fourth-order valence-electron chi connectivity index (χ4n) is 2.35. The third kappa shape index (κ3) is 3.20. The van der Waals surface area contributed by atoms with Crippen LogP contribution in [0.3, 0.4) is 0 Å². The molecule has 110 valence electrons. The summed E-state index contributed by atoms with van der Waals surface area (Å²) in [6.45, 7) is 2.81. The Morgan fingerprint density at radius 3 is 2.53 bits per heavy atom. The molecule has 2 rings (SSSR count). The van der Waals surface area contributed by atoms with Gasteiger partial charge in [-0.2, -0.15) is 13.2 Å². The summed E-state index contributed by atoms with van der Waals surface area (Å²) in [7, 11) is 0. The number of likely N-dealkylation sites (tertiary alicyclic amines) is 1. The van der Waals surface area contributed by atoms with E-state index in [-0.39, 0.29) is 12.5 Å². The van der Waals surface area contributed by atoms with E-state index in [0.717, 1.165) is 19.5 Å². The highest BCUT2D eigenvalue weighted by atomic mass is 19.4. The molecule has 0 aromatic carbocycles.